The molecule has 0 bridgehead atoms. The zero-order chi connectivity index (χ0) is 15.3. The Morgan fingerprint density at radius 3 is 2.25 bits per heavy atom. The fraction of sp³-hybridized carbons (Fsp3) is 0.462. The van der Waals surface area contributed by atoms with Crippen molar-refractivity contribution < 1.29 is 13.2 Å². The Kier molecular flexibility index (Phi) is 5.67. The molecular formula is C13H21N3O3S. The molecule has 0 fully saturated rings. The maximum Gasteiger partial charge on any atom is 0.238 e. The maximum atomic E-state index is 11.7. The lowest BCUT2D eigenvalue weighted by molar-refractivity contribution is -0.121. The smallest absolute Gasteiger partial charge is 0.238 e. The minimum absolute atomic E-state index is 0.00917. The average molecular weight is 299 g/mol. The number of nitrogens with two attached hydrogens (primary N) is 2. The monoisotopic (exact) mass is 299 g/mol. The van der Waals surface area contributed by atoms with Gasteiger partial charge in [-0.25, -0.2) is 13.6 Å². The number of benzene rings is 1. The third-order valence-electron chi connectivity index (χ3n) is 2.91. The van der Waals surface area contributed by atoms with Crippen molar-refractivity contribution in [2.75, 3.05) is 0 Å². The van der Waals surface area contributed by atoms with Crippen LogP contribution in [0.25, 0.3) is 0 Å². The van der Waals surface area contributed by atoms with Crippen LogP contribution in [0.5, 0.6) is 0 Å². The van der Waals surface area contributed by atoms with E-state index in [9.17, 15) is 13.2 Å². The summed E-state index contributed by atoms with van der Waals surface area (Å²) in [6, 6.07) is 5.91. The molecule has 112 valence electrons. The normalized spacial score (nSPS) is 14.6. The molecule has 5 N–H and O–H groups in total. The summed E-state index contributed by atoms with van der Waals surface area (Å²) in [6.45, 7) is 3.68. The number of nitrogens with one attached hydrogen (secondary N) is 1. The zero-order valence-electron chi connectivity index (χ0n) is 11.7. The van der Waals surface area contributed by atoms with Crippen LogP contribution in [0.4, 0.5) is 0 Å². The molecule has 20 heavy (non-hydrogen) atoms. The molecule has 0 radical (unpaired) electrons. The van der Waals surface area contributed by atoms with Gasteiger partial charge < -0.3 is 11.1 Å². The van der Waals surface area contributed by atoms with E-state index >= 15 is 0 Å². The predicted molar refractivity (Wildman–Crippen MR) is 77.3 cm³/mol. The van der Waals surface area contributed by atoms with Gasteiger partial charge in [0.05, 0.1) is 10.9 Å². The summed E-state index contributed by atoms with van der Waals surface area (Å²) in [5.41, 5.74) is 6.40. The van der Waals surface area contributed by atoms with Gasteiger partial charge in [-0.1, -0.05) is 12.1 Å². The van der Waals surface area contributed by atoms with Crippen LogP contribution < -0.4 is 16.2 Å². The van der Waals surface area contributed by atoms with E-state index in [1.54, 1.807) is 12.1 Å². The van der Waals surface area contributed by atoms with Crippen molar-refractivity contribution in [2.24, 2.45) is 10.9 Å². The highest BCUT2D eigenvalue weighted by Crippen LogP contribution is 2.15. The lowest BCUT2D eigenvalue weighted by atomic mass is 10.1. The molecule has 0 aliphatic carbocycles. The van der Waals surface area contributed by atoms with E-state index in [4.69, 9.17) is 10.9 Å². The molecule has 6 nitrogen and oxygen atoms in total. The molecule has 1 aromatic carbocycles. The van der Waals surface area contributed by atoms with Gasteiger partial charge in [-0.3, -0.25) is 4.79 Å². The Morgan fingerprint density at radius 2 is 1.80 bits per heavy atom. The fourth-order valence-electron chi connectivity index (χ4n) is 1.70. The van der Waals surface area contributed by atoms with Crippen LogP contribution in [0.2, 0.25) is 0 Å². The molecule has 1 aromatic rings. The molecule has 0 aliphatic rings. The average Bonchev–Trinajstić information content (AvgIpc) is 2.35. The second kappa shape index (κ2) is 6.83. The predicted octanol–water partition coefficient (Wildman–Crippen LogP) is 0.639. The molecule has 1 amide bonds. The van der Waals surface area contributed by atoms with E-state index in [2.05, 4.69) is 5.32 Å². The van der Waals surface area contributed by atoms with Crippen molar-refractivity contribution in [3.05, 3.63) is 29.8 Å². The van der Waals surface area contributed by atoms with Gasteiger partial charge >= 0.3 is 0 Å². The highest BCUT2D eigenvalue weighted by atomic mass is 32.2. The number of hydrogen-bond donors (Lipinski definition) is 3. The van der Waals surface area contributed by atoms with Gasteiger partial charge in [-0.2, -0.15) is 0 Å². The summed E-state index contributed by atoms with van der Waals surface area (Å²) in [6.07, 6.45) is 1.00. The van der Waals surface area contributed by atoms with Crippen LogP contribution in [0.15, 0.2) is 29.2 Å². The number of sulfonamides is 1. The molecule has 2 atom stereocenters. The van der Waals surface area contributed by atoms with Crippen molar-refractivity contribution in [3.63, 3.8) is 0 Å². The summed E-state index contributed by atoms with van der Waals surface area (Å²) in [5, 5.41) is 7.86. The van der Waals surface area contributed by atoms with Crippen molar-refractivity contribution in [1.82, 2.24) is 5.32 Å². The van der Waals surface area contributed by atoms with E-state index in [1.165, 1.54) is 12.1 Å². The molecule has 2 unspecified atom stereocenters. The van der Waals surface area contributed by atoms with E-state index in [-0.39, 0.29) is 22.9 Å². The van der Waals surface area contributed by atoms with Crippen LogP contribution in [0, 0.1) is 0 Å². The van der Waals surface area contributed by atoms with Crippen LogP contribution >= 0.6 is 0 Å². The minimum Gasteiger partial charge on any atom is -0.350 e. The highest BCUT2D eigenvalue weighted by Gasteiger charge is 2.12. The van der Waals surface area contributed by atoms with Crippen molar-refractivity contribution >= 4 is 15.9 Å². The summed E-state index contributed by atoms with van der Waals surface area (Å²) in [7, 11) is -3.69. The molecule has 1 rings (SSSR count). The standard InChI is InChI=1S/C13H21N3O3S/c1-9(14)3-8-13(17)16-10(2)11-4-6-12(7-5-11)20(15,18)19/h4-7,9-10H,3,8,14H2,1-2H3,(H,16,17)(H2,15,18,19). The Labute approximate surface area is 119 Å². The lowest BCUT2D eigenvalue weighted by Crippen LogP contribution is -2.28. The molecule has 0 spiro atoms. The van der Waals surface area contributed by atoms with Gasteiger partial charge in [0.25, 0.3) is 0 Å². The summed E-state index contributed by atoms with van der Waals surface area (Å²) in [5.74, 6) is -0.0784. The van der Waals surface area contributed by atoms with Crippen LogP contribution in [0.3, 0.4) is 0 Å². The minimum atomic E-state index is -3.69. The van der Waals surface area contributed by atoms with Crippen molar-refractivity contribution in [2.45, 2.75) is 43.7 Å². The summed E-state index contributed by atoms with van der Waals surface area (Å²) in [4.78, 5) is 11.7. The number of carbonyl (C=O) groups excluding carboxylic acids is 1. The first-order valence-corrected chi connectivity index (χ1v) is 7.92. The third-order valence-corrected chi connectivity index (χ3v) is 3.84. The van der Waals surface area contributed by atoms with Gasteiger partial charge in [0.15, 0.2) is 0 Å². The zero-order valence-corrected chi connectivity index (χ0v) is 12.5. The summed E-state index contributed by atoms with van der Waals surface area (Å²) >= 11 is 0. The molecule has 0 aromatic heterocycles. The molecule has 0 saturated heterocycles. The van der Waals surface area contributed by atoms with Crippen molar-refractivity contribution in [3.8, 4) is 0 Å². The SMILES string of the molecule is CC(N)CCC(=O)NC(C)c1ccc(S(N)(=O)=O)cc1. The second-order valence-electron chi connectivity index (χ2n) is 4.92. The lowest BCUT2D eigenvalue weighted by Gasteiger charge is -2.15. The molecular weight excluding hydrogens is 278 g/mol. The van der Waals surface area contributed by atoms with E-state index < -0.39 is 10.0 Å². The number of amides is 1. The number of primary sulfonamides is 1. The first kappa shape index (κ1) is 16.6. The van der Waals surface area contributed by atoms with Gasteiger partial charge in [0, 0.05) is 12.5 Å². The third kappa shape index (κ3) is 5.28. The van der Waals surface area contributed by atoms with Gasteiger partial charge in [0.1, 0.15) is 0 Å². The first-order valence-electron chi connectivity index (χ1n) is 6.38. The Bertz CT molecular complexity index is 553. The highest BCUT2D eigenvalue weighted by molar-refractivity contribution is 7.89. The van der Waals surface area contributed by atoms with Crippen LogP contribution in [0.1, 0.15) is 38.3 Å². The second-order valence-corrected chi connectivity index (χ2v) is 6.48. The van der Waals surface area contributed by atoms with Crippen LogP contribution in [-0.2, 0) is 14.8 Å². The largest absolute Gasteiger partial charge is 0.350 e. The topological polar surface area (TPSA) is 115 Å². The van der Waals surface area contributed by atoms with Crippen molar-refractivity contribution in [1.29, 1.82) is 0 Å². The Balaban J connectivity index is 2.64. The first-order chi connectivity index (χ1) is 9.20. The Hall–Kier alpha value is -1.44. The van der Waals surface area contributed by atoms with Gasteiger partial charge in [-0.05, 0) is 38.0 Å². The van der Waals surface area contributed by atoms with Crippen LogP contribution in [-0.4, -0.2) is 20.4 Å². The molecule has 0 aliphatic heterocycles. The number of carbonyl (C=O) groups is 1. The quantitative estimate of drug-likeness (QED) is 0.714. The number of rotatable bonds is 6. The molecule has 7 heteroatoms. The van der Waals surface area contributed by atoms with E-state index in [0.29, 0.717) is 12.8 Å². The van der Waals surface area contributed by atoms with E-state index in [1.807, 2.05) is 13.8 Å². The Morgan fingerprint density at radius 1 is 1.25 bits per heavy atom. The van der Waals surface area contributed by atoms with E-state index in [0.717, 1.165) is 5.56 Å². The van der Waals surface area contributed by atoms with Gasteiger partial charge in [-0.15, -0.1) is 0 Å². The van der Waals surface area contributed by atoms with Gasteiger partial charge in [0.2, 0.25) is 15.9 Å². The molecule has 0 saturated carbocycles. The summed E-state index contributed by atoms with van der Waals surface area (Å²) < 4.78 is 22.3. The molecule has 0 heterocycles. The number of hydrogen-bond acceptors (Lipinski definition) is 4. The fourth-order valence-corrected chi connectivity index (χ4v) is 2.22. The maximum absolute atomic E-state index is 11.7.